The van der Waals surface area contributed by atoms with Gasteiger partial charge in [-0.2, -0.15) is 0 Å². The molecule has 6 aromatic rings. The van der Waals surface area contributed by atoms with Crippen molar-refractivity contribution in [3.05, 3.63) is 139 Å². The summed E-state index contributed by atoms with van der Waals surface area (Å²) in [6, 6.07) is 38.0. The van der Waals surface area contributed by atoms with Crippen LogP contribution < -0.4 is 0 Å². The highest BCUT2D eigenvalue weighted by atomic mass is 14.9. The van der Waals surface area contributed by atoms with E-state index in [4.69, 9.17) is 0 Å². The number of hydrogen-bond acceptors (Lipinski definition) is 5. The van der Waals surface area contributed by atoms with Crippen LogP contribution in [0.2, 0.25) is 0 Å². The van der Waals surface area contributed by atoms with E-state index in [2.05, 4.69) is 44.0 Å². The van der Waals surface area contributed by atoms with Crippen LogP contribution in [-0.4, -0.2) is 24.9 Å². The van der Waals surface area contributed by atoms with Crippen LogP contribution in [-0.2, 0) is 0 Å². The fourth-order valence-electron chi connectivity index (χ4n) is 4.00. The van der Waals surface area contributed by atoms with Gasteiger partial charge in [0.25, 0.3) is 0 Å². The van der Waals surface area contributed by atoms with Crippen LogP contribution in [0.1, 0.15) is 11.3 Å². The van der Waals surface area contributed by atoms with Gasteiger partial charge in [-0.25, -0.2) is 15.0 Å². The number of rotatable bonds is 4. The Morgan fingerprint density at radius 2 is 0.947 bits per heavy atom. The van der Waals surface area contributed by atoms with Gasteiger partial charge < -0.3 is 0 Å². The second-order valence-electron chi connectivity index (χ2n) is 8.80. The number of benzene rings is 2. The summed E-state index contributed by atoms with van der Waals surface area (Å²) in [6.45, 7) is 4.06. The lowest BCUT2D eigenvalue weighted by molar-refractivity contribution is 1.11. The summed E-state index contributed by atoms with van der Waals surface area (Å²) in [5.41, 5.74) is 8.76. The quantitative estimate of drug-likeness (QED) is 0.253. The summed E-state index contributed by atoms with van der Waals surface area (Å²) >= 11 is 0. The number of pyridine rings is 3. The maximum absolute atomic E-state index is 4.66. The normalized spacial score (nSPS) is 10.4. The minimum atomic E-state index is 0.777. The number of hydrogen-bond donors (Lipinski definition) is 0. The van der Waals surface area contributed by atoms with E-state index in [0.717, 1.165) is 56.7 Å². The molecule has 0 spiro atoms. The zero-order valence-corrected chi connectivity index (χ0v) is 21.4. The Bertz CT molecular complexity index is 1360. The molecule has 0 fully saturated rings. The molecule has 0 saturated heterocycles. The van der Waals surface area contributed by atoms with Crippen molar-refractivity contribution >= 4 is 0 Å². The third-order valence-corrected chi connectivity index (χ3v) is 5.78. The minimum Gasteiger partial charge on any atom is -0.255 e. The summed E-state index contributed by atoms with van der Waals surface area (Å²) in [5.74, 6) is 0.777. The van der Waals surface area contributed by atoms with E-state index in [9.17, 15) is 0 Å². The highest BCUT2D eigenvalue weighted by Gasteiger charge is 2.07. The Hall–Kier alpha value is -5.03. The lowest BCUT2D eigenvalue weighted by Gasteiger charge is -2.06. The third kappa shape index (κ3) is 6.20. The molecule has 5 nitrogen and oxygen atoms in total. The van der Waals surface area contributed by atoms with Crippen molar-refractivity contribution in [2.24, 2.45) is 0 Å². The molecule has 4 heterocycles. The fourth-order valence-corrected chi connectivity index (χ4v) is 4.00. The van der Waals surface area contributed by atoms with Crippen molar-refractivity contribution in [2.45, 2.75) is 13.8 Å². The second kappa shape index (κ2) is 11.8. The van der Waals surface area contributed by atoms with E-state index in [1.165, 1.54) is 0 Å². The molecule has 5 heteroatoms. The molecule has 38 heavy (non-hydrogen) atoms. The Morgan fingerprint density at radius 3 is 1.47 bits per heavy atom. The Balaban J connectivity index is 0.000000155. The lowest BCUT2D eigenvalue weighted by atomic mass is 10.1. The zero-order valence-electron chi connectivity index (χ0n) is 21.4. The van der Waals surface area contributed by atoms with E-state index in [1.54, 1.807) is 12.4 Å². The molecule has 0 aliphatic heterocycles. The molecule has 6 rings (SSSR count). The number of nitrogens with zero attached hydrogens (tertiary/aromatic N) is 5. The minimum absolute atomic E-state index is 0.777. The zero-order chi connectivity index (χ0) is 26.2. The van der Waals surface area contributed by atoms with E-state index >= 15 is 0 Å². The molecule has 0 saturated carbocycles. The van der Waals surface area contributed by atoms with Crippen molar-refractivity contribution in [2.75, 3.05) is 0 Å². The van der Waals surface area contributed by atoms with E-state index in [-0.39, 0.29) is 0 Å². The average Bonchev–Trinajstić information content (AvgIpc) is 2.99. The first-order valence-electron chi connectivity index (χ1n) is 12.4. The molecular weight excluding hydrogens is 466 g/mol. The largest absolute Gasteiger partial charge is 0.255 e. The highest BCUT2D eigenvalue weighted by molar-refractivity contribution is 5.64. The van der Waals surface area contributed by atoms with Gasteiger partial charge in [-0.15, -0.1) is 0 Å². The monoisotopic (exact) mass is 493 g/mol. The van der Waals surface area contributed by atoms with Gasteiger partial charge in [0.05, 0.1) is 28.5 Å². The first-order chi connectivity index (χ1) is 18.7. The Labute approximate surface area is 223 Å². The Morgan fingerprint density at radius 1 is 0.421 bits per heavy atom. The van der Waals surface area contributed by atoms with E-state index in [0.29, 0.717) is 0 Å². The third-order valence-electron chi connectivity index (χ3n) is 5.78. The summed E-state index contributed by atoms with van der Waals surface area (Å²) in [4.78, 5) is 22.5. The van der Waals surface area contributed by atoms with Crippen LogP contribution in [0.25, 0.3) is 45.4 Å². The Kier molecular flexibility index (Phi) is 7.66. The van der Waals surface area contributed by atoms with Crippen LogP contribution in [0.15, 0.2) is 128 Å². The molecular formula is C33H27N5. The first-order valence-corrected chi connectivity index (χ1v) is 12.4. The summed E-state index contributed by atoms with van der Waals surface area (Å²) in [6.07, 6.45) is 3.56. The first kappa shape index (κ1) is 24.7. The molecule has 0 unspecified atom stereocenters. The summed E-state index contributed by atoms with van der Waals surface area (Å²) in [7, 11) is 0. The van der Waals surface area contributed by atoms with Crippen LogP contribution in [0.3, 0.4) is 0 Å². The van der Waals surface area contributed by atoms with Gasteiger partial charge in [0.1, 0.15) is 0 Å². The van der Waals surface area contributed by atoms with Gasteiger partial charge in [-0.1, -0.05) is 72.8 Å². The molecule has 0 N–H and O–H groups in total. The molecule has 184 valence electrons. The molecule has 0 atom stereocenters. The van der Waals surface area contributed by atoms with Gasteiger partial charge in [0.15, 0.2) is 5.82 Å². The van der Waals surface area contributed by atoms with Crippen molar-refractivity contribution in [1.82, 2.24) is 24.9 Å². The summed E-state index contributed by atoms with van der Waals surface area (Å²) < 4.78 is 0. The SMILES string of the molecule is Cc1cc(-c2ccccc2)nc(-c2ccccc2)n1.Cc1cc(-c2ccccn2)nc(-c2ccccn2)c1. The van der Waals surface area contributed by atoms with Gasteiger partial charge >= 0.3 is 0 Å². The maximum Gasteiger partial charge on any atom is 0.160 e. The molecule has 0 aliphatic carbocycles. The van der Waals surface area contributed by atoms with Crippen LogP contribution in [0.4, 0.5) is 0 Å². The molecule has 0 bridgehead atoms. The molecule has 0 amide bonds. The topological polar surface area (TPSA) is 64.5 Å². The number of aromatic nitrogens is 5. The van der Waals surface area contributed by atoms with Gasteiger partial charge in [-0.05, 0) is 61.9 Å². The standard InChI is InChI=1S/C17H14N2.C16H13N3/c1-13-12-16(14-8-4-2-5-9-14)19-17(18-13)15-10-6-3-7-11-15;1-12-10-15(13-6-2-4-8-17-13)19-16(11-12)14-7-3-5-9-18-14/h2-12H,1H3;2-11H,1H3. The fraction of sp³-hybridized carbons (Fsp3) is 0.0606. The second-order valence-corrected chi connectivity index (χ2v) is 8.80. The predicted octanol–water partition coefficient (Wildman–Crippen LogP) is 7.63. The highest BCUT2D eigenvalue weighted by Crippen LogP contribution is 2.23. The lowest BCUT2D eigenvalue weighted by Crippen LogP contribution is -1.94. The number of aryl methyl sites for hydroxylation is 2. The van der Waals surface area contributed by atoms with Gasteiger partial charge in [-0.3, -0.25) is 9.97 Å². The van der Waals surface area contributed by atoms with Crippen LogP contribution in [0.5, 0.6) is 0 Å². The molecule has 0 aliphatic rings. The average molecular weight is 494 g/mol. The van der Waals surface area contributed by atoms with E-state index in [1.807, 2.05) is 110 Å². The summed E-state index contributed by atoms with van der Waals surface area (Å²) in [5, 5.41) is 0. The predicted molar refractivity (Wildman–Crippen MR) is 153 cm³/mol. The molecule has 2 aromatic carbocycles. The van der Waals surface area contributed by atoms with Crippen molar-refractivity contribution < 1.29 is 0 Å². The van der Waals surface area contributed by atoms with Crippen molar-refractivity contribution in [3.63, 3.8) is 0 Å². The van der Waals surface area contributed by atoms with Crippen LogP contribution >= 0.6 is 0 Å². The van der Waals surface area contributed by atoms with Crippen molar-refractivity contribution in [1.29, 1.82) is 0 Å². The van der Waals surface area contributed by atoms with Crippen molar-refractivity contribution in [3.8, 4) is 45.4 Å². The maximum atomic E-state index is 4.66. The smallest absolute Gasteiger partial charge is 0.160 e. The van der Waals surface area contributed by atoms with E-state index < -0.39 is 0 Å². The van der Waals surface area contributed by atoms with Crippen LogP contribution in [0, 0.1) is 13.8 Å². The van der Waals surface area contributed by atoms with Gasteiger partial charge in [0.2, 0.25) is 0 Å². The van der Waals surface area contributed by atoms with Gasteiger partial charge in [0, 0.05) is 29.2 Å². The molecule has 4 aromatic heterocycles. The molecule has 0 radical (unpaired) electrons.